The number of hydrogen-bond acceptors (Lipinski definition) is 5. The van der Waals surface area contributed by atoms with Crippen LogP contribution in [0.4, 0.5) is 5.82 Å². The van der Waals surface area contributed by atoms with Gasteiger partial charge in [-0.2, -0.15) is 0 Å². The Hall–Kier alpha value is -1.50. The van der Waals surface area contributed by atoms with Crippen LogP contribution in [0.25, 0.3) is 0 Å². The first kappa shape index (κ1) is 16.9. The SMILES string of the molecule is CC(SC1CCCCC1)C(=O)c1c(N)n(C)c(=O)n(C)c1=O. The van der Waals surface area contributed by atoms with E-state index in [4.69, 9.17) is 5.73 Å². The third kappa shape index (κ3) is 3.14. The van der Waals surface area contributed by atoms with Crippen LogP contribution in [0.2, 0.25) is 0 Å². The highest BCUT2D eigenvalue weighted by Crippen LogP contribution is 2.32. The fraction of sp³-hybridized carbons (Fsp3) is 0.667. The third-order valence-electron chi connectivity index (χ3n) is 4.27. The molecular formula is C15H23N3O3S. The van der Waals surface area contributed by atoms with Gasteiger partial charge < -0.3 is 5.73 Å². The zero-order valence-electron chi connectivity index (χ0n) is 13.3. The van der Waals surface area contributed by atoms with Crippen molar-refractivity contribution in [2.24, 2.45) is 14.1 Å². The predicted molar refractivity (Wildman–Crippen MR) is 89.6 cm³/mol. The minimum Gasteiger partial charge on any atom is -0.384 e. The summed E-state index contributed by atoms with van der Waals surface area (Å²) in [6.07, 6.45) is 5.88. The standard InChI is InChI=1S/C15H23N3O3S/c1-9(22-10-7-5-4-6-8-10)12(19)11-13(16)17(2)15(21)18(3)14(11)20/h9-10H,4-8,16H2,1-3H3. The Morgan fingerprint density at radius 3 is 2.36 bits per heavy atom. The first-order chi connectivity index (χ1) is 10.3. The molecular weight excluding hydrogens is 302 g/mol. The fourth-order valence-electron chi connectivity index (χ4n) is 2.85. The minimum absolute atomic E-state index is 0.0470. The largest absolute Gasteiger partial charge is 0.384 e. The van der Waals surface area contributed by atoms with Gasteiger partial charge in [-0.25, -0.2) is 4.79 Å². The highest BCUT2D eigenvalue weighted by molar-refractivity contribution is 8.01. The van der Waals surface area contributed by atoms with Crippen LogP contribution in [-0.4, -0.2) is 25.4 Å². The van der Waals surface area contributed by atoms with Crippen LogP contribution in [0, 0.1) is 0 Å². The van der Waals surface area contributed by atoms with Crippen molar-refractivity contribution in [1.29, 1.82) is 0 Å². The van der Waals surface area contributed by atoms with E-state index in [1.165, 1.54) is 33.4 Å². The van der Waals surface area contributed by atoms with Gasteiger partial charge in [0.2, 0.25) is 0 Å². The first-order valence-electron chi connectivity index (χ1n) is 7.59. The lowest BCUT2D eigenvalue weighted by molar-refractivity contribution is 0.0991. The zero-order chi connectivity index (χ0) is 16.4. The Labute approximate surface area is 133 Å². The summed E-state index contributed by atoms with van der Waals surface area (Å²) in [6, 6.07) is 0. The van der Waals surface area contributed by atoms with E-state index in [0.29, 0.717) is 5.25 Å². The van der Waals surface area contributed by atoms with E-state index in [0.717, 1.165) is 22.0 Å². The molecule has 7 heteroatoms. The molecule has 1 aromatic heterocycles. The van der Waals surface area contributed by atoms with E-state index in [1.807, 2.05) is 6.92 Å². The second kappa shape index (κ2) is 6.73. The van der Waals surface area contributed by atoms with Gasteiger partial charge >= 0.3 is 5.69 Å². The lowest BCUT2D eigenvalue weighted by atomic mass is 10.0. The average Bonchev–Trinajstić information content (AvgIpc) is 2.52. The van der Waals surface area contributed by atoms with Crippen molar-refractivity contribution in [2.75, 3.05) is 5.73 Å². The second-order valence-electron chi connectivity index (χ2n) is 5.87. The Morgan fingerprint density at radius 2 is 1.77 bits per heavy atom. The van der Waals surface area contributed by atoms with Crippen molar-refractivity contribution in [3.63, 3.8) is 0 Å². The molecule has 1 aliphatic carbocycles. The molecule has 1 heterocycles. The summed E-state index contributed by atoms with van der Waals surface area (Å²) in [5.74, 6) is -0.335. The van der Waals surface area contributed by atoms with Gasteiger partial charge in [-0.1, -0.05) is 19.3 Å². The van der Waals surface area contributed by atoms with Crippen molar-refractivity contribution in [3.05, 3.63) is 26.4 Å². The number of hydrogen-bond donors (Lipinski definition) is 1. The number of carbonyl (C=O) groups excluding carboxylic acids is 1. The summed E-state index contributed by atoms with van der Waals surface area (Å²) in [6.45, 7) is 1.81. The molecule has 0 bridgehead atoms. The highest BCUT2D eigenvalue weighted by atomic mass is 32.2. The normalized spacial score (nSPS) is 17.4. The maximum absolute atomic E-state index is 12.6. The van der Waals surface area contributed by atoms with Crippen molar-refractivity contribution >= 4 is 23.4 Å². The first-order valence-corrected chi connectivity index (χ1v) is 8.54. The molecule has 1 unspecified atom stereocenters. The lowest BCUT2D eigenvalue weighted by Gasteiger charge is -2.24. The summed E-state index contributed by atoms with van der Waals surface area (Å²) >= 11 is 1.62. The monoisotopic (exact) mass is 325 g/mol. The maximum atomic E-state index is 12.6. The number of nitrogens with two attached hydrogens (primary N) is 1. The summed E-state index contributed by atoms with van der Waals surface area (Å²) in [5.41, 5.74) is 4.64. The van der Waals surface area contributed by atoms with Gasteiger partial charge in [0, 0.05) is 19.3 Å². The number of aromatic nitrogens is 2. The molecule has 22 heavy (non-hydrogen) atoms. The van der Waals surface area contributed by atoms with E-state index < -0.39 is 11.2 Å². The third-order valence-corrected chi connectivity index (χ3v) is 5.75. The molecule has 0 radical (unpaired) electrons. The summed E-state index contributed by atoms with van der Waals surface area (Å²) in [5, 5.41) is 0.126. The van der Waals surface area contributed by atoms with E-state index in [2.05, 4.69) is 0 Å². The molecule has 1 fully saturated rings. The zero-order valence-corrected chi connectivity index (χ0v) is 14.1. The van der Waals surface area contributed by atoms with Gasteiger partial charge in [0.25, 0.3) is 5.56 Å². The molecule has 122 valence electrons. The Kier molecular flexibility index (Phi) is 5.16. The molecule has 2 rings (SSSR count). The van der Waals surface area contributed by atoms with E-state index in [-0.39, 0.29) is 22.4 Å². The Morgan fingerprint density at radius 1 is 1.18 bits per heavy atom. The van der Waals surface area contributed by atoms with Crippen molar-refractivity contribution in [1.82, 2.24) is 9.13 Å². The van der Waals surface area contributed by atoms with Gasteiger partial charge in [-0.05, 0) is 19.8 Å². The number of nitrogens with zero attached hydrogens (tertiary/aromatic N) is 2. The van der Waals surface area contributed by atoms with Crippen LogP contribution < -0.4 is 17.0 Å². The Balaban J connectivity index is 2.29. The van der Waals surface area contributed by atoms with Crippen LogP contribution >= 0.6 is 11.8 Å². The average molecular weight is 325 g/mol. The molecule has 2 N–H and O–H groups in total. The smallest absolute Gasteiger partial charge is 0.332 e. The van der Waals surface area contributed by atoms with Crippen LogP contribution in [0.15, 0.2) is 9.59 Å². The molecule has 0 spiro atoms. The molecule has 1 atom stereocenters. The molecule has 0 saturated heterocycles. The number of carbonyl (C=O) groups is 1. The molecule has 0 aromatic carbocycles. The number of nitrogen functional groups attached to an aromatic ring is 1. The number of thioether (sulfide) groups is 1. The molecule has 0 amide bonds. The maximum Gasteiger partial charge on any atom is 0.332 e. The molecule has 6 nitrogen and oxygen atoms in total. The van der Waals surface area contributed by atoms with Crippen LogP contribution in [-0.2, 0) is 14.1 Å². The topological polar surface area (TPSA) is 87.1 Å². The quantitative estimate of drug-likeness (QED) is 0.843. The summed E-state index contributed by atoms with van der Waals surface area (Å²) in [4.78, 5) is 36.7. The molecule has 1 aliphatic rings. The van der Waals surface area contributed by atoms with E-state index in [9.17, 15) is 14.4 Å². The van der Waals surface area contributed by atoms with E-state index in [1.54, 1.807) is 11.8 Å². The van der Waals surface area contributed by atoms with Gasteiger partial charge in [-0.3, -0.25) is 18.7 Å². The molecule has 1 aromatic rings. The molecule has 0 aliphatic heterocycles. The van der Waals surface area contributed by atoms with Crippen molar-refractivity contribution in [3.8, 4) is 0 Å². The number of rotatable bonds is 4. The van der Waals surface area contributed by atoms with Crippen LogP contribution in [0.5, 0.6) is 0 Å². The number of ketones is 1. The summed E-state index contributed by atoms with van der Waals surface area (Å²) < 4.78 is 2.08. The number of Topliss-reactive ketones (excluding diaryl/α,β-unsaturated/α-hetero) is 1. The number of anilines is 1. The lowest BCUT2D eigenvalue weighted by Crippen LogP contribution is -2.42. The summed E-state index contributed by atoms with van der Waals surface area (Å²) in [7, 11) is 2.83. The van der Waals surface area contributed by atoms with Crippen LogP contribution in [0.3, 0.4) is 0 Å². The van der Waals surface area contributed by atoms with Gasteiger partial charge in [0.15, 0.2) is 5.78 Å². The highest BCUT2D eigenvalue weighted by Gasteiger charge is 2.27. The second-order valence-corrected chi connectivity index (χ2v) is 7.51. The van der Waals surface area contributed by atoms with Gasteiger partial charge in [0.05, 0.1) is 5.25 Å². The van der Waals surface area contributed by atoms with Gasteiger partial charge in [0.1, 0.15) is 11.4 Å². The van der Waals surface area contributed by atoms with Crippen LogP contribution in [0.1, 0.15) is 49.4 Å². The fourth-order valence-corrected chi connectivity index (χ4v) is 4.27. The van der Waals surface area contributed by atoms with Crippen molar-refractivity contribution in [2.45, 2.75) is 49.5 Å². The molecule has 1 saturated carbocycles. The predicted octanol–water partition coefficient (Wildman–Crippen LogP) is 1.30. The van der Waals surface area contributed by atoms with Crippen molar-refractivity contribution < 1.29 is 4.79 Å². The minimum atomic E-state index is -0.610. The van der Waals surface area contributed by atoms with E-state index >= 15 is 0 Å². The van der Waals surface area contributed by atoms with Gasteiger partial charge in [-0.15, -0.1) is 11.8 Å². The Bertz CT molecular complexity index is 686.